The molecule has 23 heavy (non-hydrogen) atoms. The van der Waals surface area contributed by atoms with Crippen LogP contribution in [0, 0.1) is 5.41 Å². The predicted octanol–water partition coefficient (Wildman–Crippen LogP) is 2.65. The van der Waals surface area contributed by atoms with E-state index in [4.69, 9.17) is 0 Å². The molecule has 1 atom stereocenters. The number of alkyl halides is 3. The molecule has 0 saturated heterocycles. The highest BCUT2D eigenvalue weighted by Crippen LogP contribution is 2.48. The van der Waals surface area contributed by atoms with Crippen LogP contribution in [0.3, 0.4) is 0 Å². The van der Waals surface area contributed by atoms with Gasteiger partial charge in [-0.2, -0.15) is 13.2 Å². The molecule has 0 aromatic heterocycles. The average molecular weight is 331 g/mol. The average Bonchev–Trinajstić information content (AvgIpc) is 2.39. The number of hydrogen-bond donors (Lipinski definition) is 0. The molecule has 0 amide bonds. The number of nitrogens with zero attached hydrogens (tertiary/aromatic N) is 1. The van der Waals surface area contributed by atoms with Gasteiger partial charge in [0.25, 0.3) is 0 Å². The Bertz CT molecular complexity index is 625. The van der Waals surface area contributed by atoms with Gasteiger partial charge < -0.3 is 4.74 Å². The Morgan fingerprint density at radius 1 is 1.26 bits per heavy atom. The summed E-state index contributed by atoms with van der Waals surface area (Å²) in [5, 5.41) is 0. The molecule has 2 rings (SSSR count). The highest BCUT2D eigenvalue weighted by molar-refractivity contribution is 6.03. The molecule has 0 saturated carbocycles. The number of methoxy groups -OCH3 is 1. The third kappa shape index (κ3) is 2.51. The topological polar surface area (TPSA) is 46.6 Å². The third-order valence-electron chi connectivity index (χ3n) is 4.38. The second-order valence-corrected chi connectivity index (χ2v) is 6.99. The lowest BCUT2D eigenvalue weighted by molar-refractivity contribution is -0.223. The summed E-state index contributed by atoms with van der Waals surface area (Å²) in [6.45, 7) is 5.19. The Morgan fingerprint density at radius 2 is 1.83 bits per heavy atom. The van der Waals surface area contributed by atoms with Gasteiger partial charge in [0.05, 0.1) is 7.11 Å². The SMILES string of the molecule is COC(=O)C1(C(F)(F)F)C=C2CC(C(=O)C(C)(C)C)=C2CN1C. The van der Waals surface area contributed by atoms with Crippen molar-refractivity contribution in [2.45, 2.75) is 38.9 Å². The zero-order chi connectivity index (χ0) is 17.8. The molecule has 1 heterocycles. The molecule has 1 aliphatic carbocycles. The van der Waals surface area contributed by atoms with Gasteiger partial charge in [0.1, 0.15) is 0 Å². The van der Waals surface area contributed by atoms with Crippen LogP contribution in [0.15, 0.2) is 22.8 Å². The molecule has 0 N–H and O–H groups in total. The van der Waals surface area contributed by atoms with Crippen LogP contribution in [0.2, 0.25) is 0 Å². The Balaban J connectivity index is 2.52. The van der Waals surface area contributed by atoms with Crippen LogP contribution in [0.4, 0.5) is 13.2 Å². The zero-order valence-electron chi connectivity index (χ0n) is 13.8. The van der Waals surface area contributed by atoms with E-state index in [1.807, 2.05) is 0 Å². The highest BCUT2D eigenvalue weighted by Gasteiger charge is 2.65. The number of rotatable bonds is 2. The number of ketones is 1. The number of halogens is 3. The van der Waals surface area contributed by atoms with Crippen LogP contribution in [0.1, 0.15) is 27.2 Å². The summed E-state index contributed by atoms with van der Waals surface area (Å²) in [5.74, 6) is -1.44. The summed E-state index contributed by atoms with van der Waals surface area (Å²) < 4.78 is 45.1. The van der Waals surface area contributed by atoms with Crippen LogP contribution in [-0.2, 0) is 14.3 Å². The van der Waals surface area contributed by atoms with E-state index in [0.717, 1.165) is 18.1 Å². The van der Waals surface area contributed by atoms with E-state index in [1.165, 1.54) is 7.05 Å². The molecule has 1 unspecified atom stereocenters. The van der Waals surface area contributed by atoms with Crippen molar-refractivity contribution in [1.29, 1.82) is 0 Å². The van der Waals surface area contributed by atoms with Crippen LogP contribution < -0.4 is 0 Å². The van der Waals surface area contributed by atoms with Crippen molar-refractivity contribution in [3.05, 3.63) is 22.8 Å². The number of carbonyl (C=O) groups excluding carboxylic acids is 2. The minimum atomic E-state index is -4.81. The summed E-state index contributed by atoms with van der Waals surface area (Å²) in [7, 11) is 2.14. The Labute approximate surface area is 133 Å². The second kappa shape index (κ2) is 5.19. The first kappa shape index (κ1) is 17.7. The van der Waals surface area contributed by atoms with E-state index in [-0.39, 0.29) is 18.7 Å². The number of Topliss-reactive ketones (excluding diaryl/α,β-unsaturated/α-hetero) is 1. The van der Waals surface area contributed by atoms with Crippen molar-refractivity contribution in [3.63, 3.8) is 0 Å². The molecule has 4 nitrogen and oxygen atoms in total. The summed E-state index contributed by atoms with van der Waals surface area (Å²) in [6.07, 6.45) is -3.75. The molecule has 0 aromatic carbocycles. The lowest BCUT2D eigenvalue weighted by Crippen LogP contribution is -2.64. The number of hydrogen-bond acceptors (Lipinski definition) is 4. The quantitative estimate of drug-likeness (QED) is 0.730. The smallest absolute Gasteiger partial charge is 0.421 e. The Kier molecular flexibility index (Phi) is 4.00. The fourth-order valence-corrected chi connectivity index (χ4v) is 3.00. The van der Waals surface area contributed by atoms with E-state index >= 15 is 0 Å². The van der Waals surface area contributed by atoms with Gasteiger partial charge in [0.15, 0.2) is 5.78 Å². The fraction of sp³-hybridized carbons (Fsp3) is 0.625. The maximum atomic E-state index is 13.6. The van der Waals surface area contributed by atoms with Crippen molar-refractivity contribution in [2.24, 2.45) is 5.41 Å². The molecule has 0 aromatic rings. The van der Waals surface area contributed by atoms with Crippen LogP contribution in [-0.4, -0.2) is 49.1 Å². The molecular weight excluding hydrogens is 311 g/mol. The summed E-state index contributed by atoms with van der Waals surface area (Å²) in [6, 6.07) is 0. The number of likely N-dealkylation sites (N-methyl/N-ethyl adjacent to an activating group) is 1. The van der Waals surface area contributed by atoms with Crippen LogP contribution in [0.5, 0.6) is 0 Å². The molecule has 1 aliphatic heterocycles. The molecule has 0 radical (unpaired) electrons. The van der Waals surface area contributed by atoms with Gasteiger partial charge in [0.2, 0.25) is 5.54 Å². The fourth-order valence-electron chi connectivity index (χ4n) is 3.00. The molecule has 0 fully saturated rings. The second-order valence-electron chi connectivity index (χ2n) is 6.99. The largest absolute Gasteiger partial charge is 0.467 e. The van der Waals surface area contributed by atoms with Crippen LogP contribution >= 0.6 is 0 Å². The van der Waals surface area contributed by atoms with Gasteiger partial charge in [-0.1, -0.05) is 20.8 Å². The number of ether oxygens (including phenoxy) is 1. The standard InChI is InChI=1S/C16H20F3NO3/c1-14(2,3)12(21)10-6-9-7-15(13(22)23-5,16(17,18)19)20(4)8-11(9)10/h7H,6,8H2,1-5H3. The van der Waals surface area contributed by atoms with Gasteiger partial charge in [-0.05, 0) is 24.3 Å². The first-order valence-corrected chi connectivity index (χ1v) is 7.21. The summed E-state index contributed by atoms with van der Waals surface area (Å²) in [5.41, 5.74) is -1.84. The minimum Gasteiger partial charge on any atom is -0.467 e. The van der Waals surface area contributed by atoms with Gasteiger partial charge in [0, 0.05) is 24.0 Å². The minimum absolute atomic E-state index is 0.0735. The lowest BCUT2D eigenvalue weighted by Gasteiger charge is -2.46. The maximum absolute atomic E-state index is 13.6. The Morgan fingerprint density at radius 3 is 2.26 bits per heavy atom. The van der Waals surface area contributed by atoms with E-state index in [0.29, 0.717) is 16.7 Å². The van der Waals surface area contributed by atoms with E-state index in [9.17, 15) is 22.8 Å². The summed E-state index contributed by atoms with van der Waals surface area (Å²) in [4.78, 5) is 25.1. The molecule has 0 bridgehead atoms. The number of esters is 1. The molecule has 128 valence electrons. The first-order valence-electron chi connectivity index (χ1n) is 7.21. The third-order valence-corrected chi connectivity index (χ3v) is 4.38. The molecular formula is C16H20F3NO3. The van der Waals surface area contributed by atoms with E-state index < -0.39 is 23.1 Å². The van der Waals surface area contributed by atoms with Gasteiger partial charge in [-0.3, -0.25) is 9.69 Å². The number of allylic oxidation sites excluding steroid dienone is 1. The monoisotopic (exact) mass is 331 g/mol. The van der Waals surface area contributed by atoms with E-state index in [1.54, 1.807) is 20.8 Å². The summed E-state index contributed by atoms with van der Waals surface area (Å²) >= 11 is 0. The normalized spacial score (nSPS) is 25.5. The van der Waals surface area contributed by atoms with E-state index in [2.05, 4.69) is 4.74 Å². The van der Waals surface area contributed by atoms with Gasteiger partial charge in [-0.25, -0.2) is 4.79 Å². The van der Waals surface area contributed by atoms with Crippen molar-refractivity contribution in [2.75, 3.05) is 20.7 Å². The number of fused-ring (bicyclic) bond motifs is 1. The molecule has 7 heteroatoms. The van der Waals surface area contributed by atoms with Crippen molar-refractivity contribution in [1.82, 2.24) is 4.90 Å². The number of carbonyl (C=O) groups is 2. The molecule has 0 spiro atoms. The first-order chi connectivity index (χ1) is 10.4. The Hall–Kier alpha value is -1.63. The predicted molar refractivity (Wildman–Crippen MR) is 77.6 cm³/mol. The highest BCUT2D eigenvalue weighted by atomic mass is 19.4. The van der Waals surface area contributed by atoms with Crippen molar-refractivity contribution < 1.29 is 27.5 Å². The van der Waals surface area contributed by atoms with Crippen molar-refractivity contribution in [3.8, 4) is 0 Å². The lowest BCUT2D eigenvalue weighted by atomic mass is 9.70. The van der Waals surface area contributed by atoms with Gasteiger partial charge in [-0.15, -0.1) is 0 Å². The molecule has 2 aliphatic rings. The van der Waals surface area contributed by atoms with Crippen LogP contribution in [0.25, 0.3) is 0 Å². The zero-order valence-corrected chi connectivity index (χ0v) is 13.8. The maximum Gasteiger partial charge on any atom is 0.421 e. The van der Waals surface area contributed by atoms with Gasteiger partial charge >= 0.3 is 12.1 Å². The van der Waals surface area contributed by atoms with Crippen molar-refractivity contribution >= 4 is 11.8 Å².